The van der Waals surface area contributed by atoms with Crippen molar-refractivity contribution in [2.24, 2.45) is 10.3 Å². The Hall–Kier alpha value is -4.40. The first-order valence-corrected chi connectivity index (χ1v) is 13.7. The molecule has 12 nitrogen and oxygen atoms in total. The fourth-order valence-electron chi connectivity index (χ4n) is 3.76. The van der Waals surface area contributed by atoms with E-state index in [0.29, 0.717) is 54.3 Å². The summed E-state index contributed by atoms with van der Waals surface area (Å²) in [5.41, 5.74) is 2.18. The van der Waals surface area contributed by atoms with Gasteiger partial charge in [0, 0.05) is 31.7 Å². The molecule has 0 bridgehead atoms. The third kappa shape index (κ3) is 6.03. The minimum Gasteiger partial charge on any atom is -0.378 e. The molecular formula is C25H22N8O4S2. The van der Waals surface area contributed by atoms with Gasteiger partial charge >= 0.3 is 0 Å². The van der Waals surface area contributed by atoms with Crippen LogP contribution in [0.2, 0.25) is 0 Å². The summed E-state index contributed by atoms with van der Waals surface area (Å²) < 4.78 is 34.6. The zero-order valence-corrected chi connectivity index (χ0v) is 22.0. The maximum atomic E-state index is 12.6. The standard InChI is InChI=1S/C25H22N8O4S2/c34-17-18(16-32-12-14-37-15-13-32)23-24(38)33(22-5-2-1-4-21(22)28-23)31-29-19-6-8-20(9-7-19)39(35,36)30-25-26-10-3-11-27-25/h1-11,16-17H,12-15H2,(H,26,27,30)/b18-16-,31-29?. The van der Waals surface area contributed by atoms with Crippen LogP contribution in [0.1, 0.15) is 5.69 Å². The van der Waals surface area contributed by atoms with Crippen LogP contribution in [0, 0.1) is 4.64 Å². The molecule has 0 radical (unpaired) electrons. The molecule has 0 amide bonds. The lowest BCUT2D eigenvalue weighted by atomic mass is 10.2. The van der Waals surface area contributed by atoms with Gasteiger partial charge in [0.2, 0.25) is 5.95 Å². The Morgan fingerprint density at radius 2 is 1.74 bits per heavy atom. The molecule has 0 saturated carbocycles. The summed E-state index contributed by atoms with van der Waals surface area (Å²) in [6, 6.07) is 14.6. The molecule has 0 spiro atoms. The van der Waals surface area contributed by atoms with Crippen LogP contribution in [0.15, 0.2) is 88.4 Å². The van der Waals surface area contributed by atoms with Crippen molar-refractivity contribution in [1.29, 1.82) is 0 Å². The number of allylic oxidation sites excluding steroid dienone is 1. The first-order chi connectivity index (χ1) is 18.9. The predicted molar refractivity (Wildman–Crippen MR) is 146 cm³/mol. The van der Waals surface area contributed by atoms with E-state index in [4.69, 9.17) is 17.0 Å². The van der Waals surface area contributed by atoms with Gasteiger partial charge in [-0.05, 0) is 42.5 Å². The number of aldehydes is 1. The number of morpholine rings is 1. The van der Waals surface area contributed by atoms with E-state index in [1.54, 1.807) is 24.4 Å². The number of carbonyl (C=O) groups is 1. The molecule has 0 aliphatic carbocycles. The fraction of sp³-hybridized carbons (Fsp3) is 0.160. The molecule has 2 aromatic carbocycles. The van der Waals surface area contributed by atoms with Crippen LogP contribution >= 0.6 is 12.2 Å². The Morgan fingerprint density at radius 3 is 2.46 bits per heavy atom. The van der Waals surface area contributed by atoms with Crippen LogP contribution in [-0.4, -0.2) is 65.5 Å². The smallest absolute Gasteiger partial charge is 0.264 e. The van der Waals surface area contributed by atoms with Crippen LogP contribution in [-0.2, 0) is 19.6 Å². The molecule has 2 aromatic heterocycles. The van der Waals surface area contributed by atoms with Crippen molar-refractivity contribution in [3.63, 3.8) is 0 Å². The number of nitrogens with one attached hydrogen (secondary N) is 1. The number of carbonyl (C=O) groups excluding carboxylic acids is 1. The Labute approximate surface area is 228 Å². The molecule has 5 rings (SSSR count). The highest BCUT2D eigenvalue weighted by Gasteiger charge is 2.16. The van der Waals surface area contributed by atoms with E-state index >= 15 is 0 Å². The number of fused-ring (bicyclic) bond motifs is 1. The second-order valence-electron chi connectivity index (χ2n) is 8.28. The number of ether oxygens (including phenoxy) is 1. The highest BCUT2D eigenvalue weighted by molar-refractivity contribution is 7.92. The Morgan fingerprint density at radius 1 is 1.03 bits per heavy atom. The number of anilines is 1. The summed E-state index contributed by atoms with van der Waals surface area (Å²) in [7, 11) is -3.89. The molecule has 4 aromatic rings. The Kier molecular flexibility index (Phi) is 7.76. The number of sulfonamides is 1. The molecule has 1 saturated heterocycles. The molecule has 1 aliphatic rings. The molecule has 14 heteroatoms. The van der Waals surface area contributed by atoms with E-state index in [1.165, 1.54) is 41.3 Å². The minimum atomic E-state index is -3.89. The van der Waals surface area contributed by atoms with Crippen molar-refractivity contribution >= 4 is 56.8 Å². The molecule has 0 unspecified atom stereocenters. The van der Waals surface area contributed by atoms with Crippen LogP contribution in [0.3, 0.4) is 0 Å². The van der Waals surface area contributed by atoms with Gasteiger partial charge < -0.3 is 9.64 Å². The van der Waals surface area contributed by atoms with Crippen molar-refractivity contribution in [2.75, 3.05) is 31.0 Å². The zero-order valence-electron chi connectivity index (χ0n) is 20.4. The molecule has 1 aliphatic heterocycles. The SMILES string of the molecule is O=C/C(=C/N1CCOCC1)c1nc2ccccc2n(N=Nc2ccc(S(=O)(=O)Nc3ncccn3)cc2)c1=S. The van der Waals surface area contributed by atoms with E-state index in [9.17, 15) is 13.2 Å². The number of hydrogen-bond donors (Lipinski definition) is 1. The average Bonchev–Trinajstić information content (AvgIpc) is 2.96. The van der Waals surface area contributed by atoms with Crippen LogP contribution in [0.5, 0.6) is 0 Å². The fourth-order valence-corrected chi connectivity index (χ4v) is 5.02. The van der Waals surface area contributed by atoms with Gasteiger partial charge in [-0.15, -0.1) is 5.11 Å². The monoisotopic (exact) mass is 562 g/mol. The molecule has 3 heterocycles. The summed E-state index contributed by atoms with van der Waals surface area (Å²) in [4.78, 5) is 26.4. The number of hydrogen-bond acceptors (Lipinski definition) is 11. The molecular weight excluding hydrogens is 540 g/mol. The maximum Gasteiger partial charge on any atom is 0.264 e. The Bertz CT molecular complexity index is 1720. The average molecular weight is 563 g/mol. The Balaban J connectivity index is 1.47. The molecule has 1 N–H and O–H groups in total. The van der Waals surface area contributed by atoms with E-state index in [0.717, 1.165) is 6.29 Å². The molecule has 0 atom stereocenters. The predicted octanol–water partition coefficient (Wildman–Crippen LogP) is 3.78. The zero-order chi connectivity index (χ0) is 27.2. The normalized spacial score (nSPS) is 14.6. The third-order valence-corrected chi connectivity index (χ3v) is 7.40. The number of benzene rings is 2. The van der Waals surface area contributed by atoms with Gasteiger partial charge in [-0.25, -0.2) is 28.1 Å². The van der Waals surface area contributed by atoms with Crippen LogP contribution in [0.4, 0.5) is 11.6 Å². The van der Waals surface area contributed by atoms with E-state index in [-0.39, 0.29) is 15.5 Å². The number of aromatic nitrogens is 4. The maximum absolute atomic E-state index is 12.6. The van der Waals surface area contributed by atoms with Gasteiger partial charge in [0.25, 0.3) is 10.0 Å². The molecule has 1 fully saturated rings. The van der Waals surface area contributed by atoms with Crippen molar-refractivity contribution < 1.29 is 17.9 Å². The topological polar surface area (TPSA) is 144 Å². The first kappa shape index (κ1) is 26.2. The second kappa shape index (κ2) is 11.6. The van der Waals surface area contributed by atoms with Gasteiger partial charge in [0.1, 0.15) is 5.69 Å². The van der Waals surface area contributed by atoms with Crippen molar-refractivity contribution in [3.8, 4) is 0 Å². The van der Waals surface area contributed by atoms with Gasteiger partial charge in [-0.1, -0.05) is 29.6 Å². The number of nitrogens with zero attached hydrogens (tertiary/aromatic N) is 7. The summed E-state index contributed by atoms with van der Waals surface area (Å²) in [6.07, 6.45) is 5.32. The van der Waals surface area contributed by atoms with Crippen molar-refractivity contribution in [2.45, 2.75) is 4.90 Å². The lowest BCUT2D eigenvalue weighted by Crippen LogP contribution is -2.32. The summed E-state index contributed by atoms with van der Waals surface area (Å²) in [5.74, 6) is -0.0339. The quantitative estimate of drug-likeness (QED) is 0.147. The third-order valence-electron chi connectivity index (χ3n) is 5.69. The summed E-state index contributed by atoms with van der Waals surface area (Å²) in [6.45, 7) is 2.44. The number of rotatable bonds is 8. The van der Waals surface area contributed by atoms with Gasteiger partial charge in [0.15, 0.2) is 10.9 Å². The largest absolute Gasteiger partial charge is 0.378 e. The lowest BCUT2D eigenvalue weighted by molar-refractivity contribution is -0.103. The summed E-state index contributed by atoms with van der Waals surface area (Å²) >= 11 is 5.68. The second-order valence-corrected chi connectivity index (χ2v) is 10.3. The van der Waals surface area contributed by atoms with Gasteiger partial charge in [-0.3, -0.25) is 4.79 Å². The van der Waals surface area contributed by atoms with E-state index in [2.05, 4.69) is 30.0 Å². The van der Waals surface area contributed by atoms with Crippen molar-refractivity contribution in [3.05, 3.63) is 83.5 Å². The lowest BCUT2D eigenvalue weighted by Gasteiger charge is -2.25. The van der Waals surface area contributed by atoms with Crippen molar-refractivity contribution in [1.82, 2.24) is 24.5 Å². The van der Waals surface area contributed by atoms with Crippen LogP contribution < -0.4 is 4.72 Å². The van der Waals surface area contributed by atoms with Crippen LogP contribution in [0.25, 0.3) is 16.6 Å². The highest BCUT2D eigenvalue weighted by Crippen LogP contribution is 2.23. The van der Waals surface area contributed by atoms with E-state index < -0.39 is 10.0 Å². The molecule has 198 valence electrons. The molecule has 39 heavy (non-hydrogen) atoms. The van der Waals surface area contributed by atoms with Gasteiger partial charge in [-0.2, -0.15) is 4.68 Å². The number of para-hydroxylation sites is 2. The van der Waals surface area contributed by atoms with E-state index in [1.807, 2.05) is 17.0 Å². The minimum absolute atomic E-state index is 0.00559. The van der Waals surface area contributed by atoms with Gasteiger partial charge in [0.05, 0.1) is 40.4 Å². The highest BCUT2D eigenvalue weighted by atomic mass is 32.2. The summed E-state index contributed by atoms with van der Waals surface area (Å²) in [5, 5.41) is 8.58. The first-order valence-electron chi connectivity index (χ1n) is 11.8.